The molecule has 3 heterocycles. The molecular weight excluding hydrogens is 462 g/mol. The van der Waals surface area contributed by atoms with Crippen LogP contribution < -0.4 is 21.3 Å². The number of benzene rings is 2. The summed E-state index contributed by atoms with van der Waals surface area (Å²) >= 11 is 1.14. The molecule has 0 atom stereocenters. The number of hydrogen-bond donors (Lipinski definition) is 3. The molecule has 178 valence electrons. The lowest BCUT2D eigenvalue weighted by molar-refractivity contribution is 0.0997. The number of aromatic nitrogens is 2. The lowest BCUT2D eigenvalue weighted by atomic mass is 10.1. The number of primary amides is 1. The highest BCUT2D eigenvalue weighted by molar-refractivity contribution is 7.20. The van der Waals surface area contributed by atoms with Gasteiger partial charge in [-0.25, -0.2) is 4.98 Å². The first-order chi connectivity index (χ1) is 17.0. The second-order valence-corrected chi connectivity index (χ2v) is 9.36. The predicted molar refractivity (Wildman–Crippen MR) is 140 cm³/mol. The third kappa shape index (κ3) is 4.93. The molecule has 1 aliphatic rings. The minimum Gasteiger partial charge on any atom is -0.369 e. The van der Waals surface area contributed by atoms with Gasteiger partial charge in [0.05, 0.1) is 11.2 Å². The number of pyridine rings is 1. The largest absolute Gasteiger partial charge is 0.369 e. The number of carbonyl (C=O) groups is 2. The Morgan fingerprint density at radius 1 is 1.00 bits per heavy atom. The molecule has 5 rings (SSSR count). The van der Waals surface area contributed by atoms with Crippen molar-refractivity contribution in [1.82, 2.24) is 14.9 Å². The van der Waals surface area contributed by atoms with Crippen molar-refractivity contribution >= 4 is 55.6 Å². The maximum absolute atomic E-state index is 12.9. The Kier molecular flexibility index (Phi) is 6.30. The molecule has 0 radical (unpaired) electrons. The Balaban J connectivity index is 1.33. The zero-order valence-electron chi connectivity index (χ0n) is 19.2. The van der Waals surface area contributed by atoms with Crippen LogP contribution in [0.2, 0.25) is 0 Å². The number of para-hydroxylation sites is 1. The lowest BCUT2D eigenvalue weighted by Gasteiger charge is -2.34. The number of nitrogens with one attached hydrogen (secondary N) is 2. The van der Waals surface area contributed by atoms with Crippen molar-refractivity contribution in [2.75, 3.05) is 48.8 Å². The Labute approximate surface area is 206 Å². The molecule has 1 fully saturated rings. The van der Waals surface area contributed by atoms with E-state index in [0.29, 0.717) is 15.7 Å². The average molecular weight is 488 g/mol. The fraction of sp³-hybridized carbons (Fsp3) is 0.200. The van der Waals surface area contributed by atoms with Crippen LogP contribution in [0.3, 0.4) is 0 Å². The number of rotatable bonds is 6. The number of anilines is 4. The van der Waals surface area contributed by atoms with Crippen LogP contribution in [0.1, 0.15) is 20.8 Å². The van der Waals surface area contributed by atoms with Crippen molar-refractivity contribution in [2.24, 2.45) is 5.73 Å². The average Bonchev–Trinajstić information content (AvgIpc) is 3.27. The third-order valence-electron chi connectivity index (χ3n) is 5.96. The fourth-order valence-electron chi connectivity index (χ4n) is 4.01. The highest BCUT2D eigenvalue weighted by atomic mass is 32.1. The van der Waals surface area contributed by atoms with Crippen molar-refractivity contribution in [1.29, 1.82) is 0 Å². The van der Waals surface area contributed by atoms with Gasteiger partial charge in [-0.1, -0.05) is 29.5 Å². The molecule has 0 aliphatic carbocycles. The van der Waals surface area contributed by atoms with Crippen molar-refractivity contribution in [2.45, 2.75) is 0 Å². The summed E-state index contributed by atoms with van der Waals surface area (Å²) in [5.74, 6) is -1.05. The minimum atomic E-state index is -0.717. The van der Waals surface area contributed by atoms with Crippen molar-refractivity contribution in [3.63, 3.8) is 0 Å². The van der Waals surface area contributed by atoms with E-state index in [2.05, 4.69) is 37.4 Å². The van der Waals surface area contributed by atoms with Gasteiger partial charge in [0.25, 0.3) is 11.8 Å². The summed E-state index contributed by atoms with van der Waals surface area (Å²) < 4.78 is 0. The van der Waals surface area contributed by atoms with Gasteiger partial charge >= 0.3 is 0 Å². The zero-order valence-corrected chi connectivity index (χ0v) is 20.0. The summed E-state index contributed by atoms with van der Waals surface area (Å²) in [7, 11) is 2.12. The molecular formula is C25H25N7O2S. The second kappa shape index (κ2) is 9.69. The van der Waals surface area contributed by atoms with Crippen LogP contribution in [-0.2, 0) is 0 Å². The van der Waals surface area contributed by atoms with E-state index in [1.54, 1.807) is 18.3 Å². The summed E-state index contributed by atoms with van der Waals surface area (Å²) in [5, 5.41) is 7.69. The van der Waals surface area contributed by atoms with E-state index in [1.807, 2.05) is 42.5 Å². The molecule has 1 aliphatic heterocycles. The molecule has 4 aromatic rings. The summed E-state index contributed by atoms with van der Waals surface area (Å²) in [6, 6.07) is 17.0. The molecule has 0 bridgehead atoms. The summed E-state index contributed by atoms with van der Waals surface area (Å²) in [5.41, 5.74) is 8.64. The lowest BCUT2D eigenvalue weighted by Crippen LogP contribution is -2.44. The van der Waals surface area contributed by atoms with Crippen LogP contribution in [0.4, 0.5) is 21.5 Å². The first kappa shape index (κ1) is 22.8. The van der Waals surface area contributed by atoms with Gasteiger partial charge in [0.1, 0.15) is 5.00 Å². The molecule has 0 spiro atoms. The number of thiazole rings is 1. The van der Waals surface area contributed by atoms with Crippen molar-refractivity contribution in [3.8, 4) is 0 Å². The van der Waals surface area contributed by atoms with E-state index in [-0.39, 0.29) is 11.6 Å². The number of nitrogens with zero attached hydrogens (tertiary/aromatic N) is 4. The van der Waals surface area contributed by atoms with Crippen molar-refractivity contribution in [3.05, 3.63) is 72.1 Å². The van der Waals surface area contributed by atoms with Gasteiger partial charge in [0.2, 0.25) is 0 Å². The quantitative estimate of drug-likeness (QED) is 0.381. The fourth-order valence-corrected chi connectivity index (χ4v) is 4.89. The van der Waals surface area contributed by atoms with Gasteiger partial charge < -0.3 is 26.2 Å². The van der Waals surface area contributed by atoms with Crippen LogP contribution in [0.15, 0.2) is 60.8 Å². The minimum absolute atomic E-state index is 0.00750. The molecule has 2 aromatic carbocycles. The monoisotopic (exact) mass is 487 g/mol. The smallest absolute Gasteiger partial charge is 0.270 e. The number of nitrogens with two attached hydrogens (primary N) is 1. The summed E-state index contributed by atoms with van der Waals surface area (Å²) in [6.07, 6.45) is 1.71. The normalized spacial score (nSPS) is 14.1. The van der Waals surface area contributed by atoms with Crippen LogP contribution >= 0.6 is 11.3 Å². The number of likely N-dealkylation sites (N-methyl/N-ethyl adjacent to an activating group) is 1. The van der Waals surface area contributed by atoms with E-state index < -0.39 is 5.91 Å². The van der Waals surface area contributed by atoms with Crippen LogP contribution in [0, 0.1) is 0 Å². The molecule has 2 amide bonds. The van der Waals surface area contributed by atoms with E-state index in [9.17, 15) is 9.59 Å². The number of carbonyl (C=O) groups excluding carboxylic acids is 2. The maximum atomic E-state index is 12.9. The van der Waals surface area contributed by atoms with E-state index >= 15 is 0 Å². The molecule has 9 nitrogen and oxygen atoms in total. The van der Waals surface area contributed by atoms with Crippen LogP contribution in [-0.4, -0.2) is 59.9 Å². The predicted octanol–water partition coefficient (Wildman–Crippen LogP) is 3.54. The molecule has 4 N–H and O–H groups in total. The van der Waals surface area contributed by atoms with E-state index in [1.165, 1.54) is 0 Å². The number of piperazine rings is 1. The molecule has 0 unspecified atom stereocenters. The van der Waals surface area contributed by atoms with Gasteiger partial charge in [0.15, 0.2) is 10.8 Å². The third-order valence-corrected chi connectivity index (χ3v) is 6.85. The highest BCUT2D eigenvalue weighted by Gasteiger charge is 2.20. The first-order valence-electron chi connectivity index (χ1n) is 11.2. The second-order valence-electron chi connectivity index (χ2n) is 8.36. The van der Waals surface area contributed by atoms with Gasteiger partial charge in [-0.2, -0.15) is 0 Å². The van der Waals surface area contributed by atoms with Gasteiger partial charge in [-0.05, 0) is 43.4 Å². The number of amides is 2. The number of fused-ring (bicyclic) bond motifs is 1. The first-order valence-corrected chi connectivity index (χ1v) is 12.1. The SMILES string of the molecule is CN1CCN(c2ccc(C(=O)Nc3sc(Nc4cccc5cccnc45)nc3C(N)=O)cc2)CC1. The Hall–Kier alpha value is -4.02. The van der Waals surface area contributed by atoms with Crippen LogP contribution in [0.5, 0.6) is 0 Å². The maximum Gasteiger partial charge on any atom is 0.270 e. The molecule has 2 aromatic heterocycles. The Morgan fingerprint density at radius 3 is 2.49 bits per heavy atom. The molecule has 0 saturated carbocycles. The molecule has 35 heavy (non-hydrogen) atoms. The standard InChI is InChI=1S/C25H25N7O2S/c1-31-12-14-32(15-13-31)18-9-7-17(8-10-18)23(34)30-24-21(22(26)33)29-25(35-24)28-19-6-2-4-16-5-3-11-27-20(16)19/h2-11H,12-15H2,1H3,(H2,26,33)(H,28,29)(H,30,34). The van der Waals surface area contributed by atoms with E-state index in [4.69, 9.17) is 5.73 Å². The van der Waals surface area contributed by atoms with Gasteiger partial charge in [0, 0.05) is 49.0 Å². The van der Waals surface area contributed by atoms with E-state index in [0.717, 1.165) is 59.8 Å². The Morgan fingerprint density at radius 2 is 1.74 bits per heavy atom. The van der Waals surface area contributed by atoms with Crippen LogP contribution in [0.25, 0.3) is 10.9 Å². The van der Waals surface area contributed by atoms with Gasteiger partial charge in [-0.15, -0.1) is 0 Å². The van der Waals surface area contributed by atoms with Gasteiger partial charge in [-0.3, -0.25) is 14.6 Å². The number of hydrogen-bond acceptors (Lipinski definition) is 8. The summed E-state index contributed by atoms with van der Waals surface area (Å²) in [4.78, 5) is 38.3. The summed E-state index contributed by atoms with van der Waals surface area (Å²) in [6.45, 7) is 3.92. The topological polar surface area (TPSA) is 116 Å². The molecule has 10 heteroatoms. The zero-order chi connectivity index (χ0) is 24.4. The molecule has 1 saturated heterocycles. The Bertz CT molecular complexity index is 1370. The highest BCUT2D eigenvalue weighted by Crippen LogP contribution is 2.33. The van der Waals surface area contributed by atoms with Crippen molar-refractivity contribution < 1.29 is 9.59 Å².